The number of halogens is 1. The number of sulfonamides is 1. The number of hydrogen-bond acceptors (Lipinski definition) is 3. The van der Waals surface area contributed by atoms with E-state index in [-0.39, 0.29) is 5.75 Å². The summed E-state index contributed by atoms with van der Waals surface area (Å²) < 4.78 is 26.2. The van der Waals surface area contributed by atoms with Crippen LogP contribution < -0.4 is 0 Å². The molecule has 2 rings (SSSR count). The second-order valence-electron chi connectivity index (χ2n) is 4.91. The molecule has 0 N–H and O–H groups in total. The van der Waals surface area contributed by atoms with E-state index < -0.39 is 10.0 Å². The molecule has 0 unspecified atom stereocenters. The molecule has 1 aromatic carbocycles. The van der Waals surface area contributed by atoms with Crippen molar-refractivity contribution in [1.82, 2.24) is 9.21 Å². The Balaban J connectivity index is 2.03. The number of rotatable bonds is 4. The Bertz CT molecular complexity index is 508. The summed E-state index contributed by atoms with van der Waals surface area (Å²) in [4.78, 5) is 2.14. The van der Waals surface area contributed by atoms with E-state index in [1.807, 2.05) is 31.3 Å². The van der Waals surface area contributed by atoms with Crippen LogP contribution in [0, 0.1) is 0 Å². The van der Waals surface area contributed by atoms with Gasteiger partial charge in [0.25, 0.3) is 0 Å². The van der Waals surface area contributed by atoms with Gasteiger partial charge in [0.2, 0.25) is 10.0 Å². The zero-order chi connectivity index (χ0) is 13.9. The number of nitrogens with zero attached hydrogens (tertiary/aromatic N) is 2. The molecule has 106 valence electrons. The Labute approximate surface area is 120 Å². The molecular formula is C13H19ClN2O2S. The van der Waals surface area contributed by atoms with Gasteiger partial charge in [-0.3, -0.25) is 0 Å². The van der Waals surface area contributed by atoms with E-state index in [1.54, 1.807) is 4.31 Å². The fraction of sp³-hybridized carbons (Fsp3) is 0.538. The highest BCUT2D eigenvalue weighted by Crippen LogP contribution is 2.14. The lowest BCUT2D eigenvalue weighted by Crippen LogP contribution is -2.47. The van der Waals surface area contributed by atoms with Crippen LogP contribution in [0.1, 0.15) is 11.1 Å². The van der Waals surface area contributed by atoms with Gasteiger partial charge in [0.15, 0.2) is 0 Å². The number of piperazine rings is 1. The minimum Gasteiger partial charge on any atom is -0.304 e. The lowest BCUT2D eigenvalue weighted by atomic mass is 10.2. The molecule has 0 amide bonds. The van der Waals surface area contributed by atoms with Crippen molar-refractivity contribution in [3.8, 4) is 0 Å². The molecule has 0 atom stereocenters. The van der Waals surface area contributed by atoms with E-state index >= 15 is 0 Å². The molecule has 1 fully saturated rings. The average molecular weight is 303 g/mol. The van der Waals surface area contributed by atoms with Gasteiger partial charge < -0.3 is 4.90 Å². The number of alkyl halides is 1. The SMILES string of the molecule is CN1CCN(S(=O)(=O)Cc2ccc(CCl)cc2)CC1. The van der Waals surface area contributed by atoms with Crippen molar-refractivity contribution < 1.29 is 8.42 Å². The topological polar surface area (TPSA) is 40.6 Å². The number of likely N-dealkylation sites (N-methyl/N-ethyl adjacent to an activating group) is 1. The third-order valence-electron chi connectivity index (χ3n) is 3.38. The average Bonchev–Trinajstić information content (AvgIpc) is 2.40. The summed E-state index contributed by atoms with van der Waals surface area (Å²) in [5, 5.41) is 0. The third kappa shape index (κ3) is 3.92. The molecule has 1 saturated heterocycles. The van der Waals surface area contributed by atoms with Crippen LogP contribution in [0.2, 0.25) is 0 Å². The molecule has 4 nitrogen and oxygen atoms in total. The lowest BCUT2D eigenvalue weighted by molar-refractivity contribution is 0.222. The molecule has 0 aliphatic carbocycles. The molecule has 1 aliphatic heterocycles. The van der Waals surface area contributed by atoms with Gasteiger partial charge in [-0.05, 0) is 18.2 Å². The van der Waals surface area contributed by atoms with Crippen molar-refractivity contribution >= 4 is 21.6 Å². The highest BCUT2D eigenvalue weighted by Gasteiger charge is 2.25. The number of hydrogen-bond donors (Lipinski definition) is 0. The van der Waals surface area contributed by atoms with Crippen molar-refractivity contribution in [3.05, 3.63) is 35.4 Å². The van der Waals surface area contributed by atoms with Crippen molar-refractivity contribution in [2.75, 3.05) is 33.2 Å². The largest absolute Gasteiger partial charge is 0.304 e. The minimum atomic E-state index is -3.21. The summed E-state index contributed by atoms with van der Waals surface area (Å²) in [7, 11) is -1.20. The molecule has 1 heterocycles. The van der Waals surface area contributed by atoms with Crippen LogP contribution in [0.25, 0.3) is 0 Å². The van der Waals surface area contributed by atoms with Crippen molar-refractivity contribution in [3.63, 3.8) is 0 Å². The van der Waals surface area contributed by atoms with Crippen molar-refractivity contribution in [1.29, 1.82) is 0 Å². The van der Waals surface area contributed by atoms with Crippen LogP contribution in [-0.4, -0.2) is 50.8 Å². The predicted octanol–water partition coefficient (Wildman–Crippen LogP) is 1.50. The second kappa shape index (κ2) is 6.22. The zero-order valence-electron chi connectivity index (χ0n) is 11.0. The second-order valence-corrected chi connectivity index (χ2v) is 7.14. The third-order valence-corrected chi connectivity index (χ3v) is 5.54. The summed E-state index contributed by atoms with van der Waals surface area (Å²) in [6.45, 7) is 2.76. The standard InChI is InChI=1S/C13H19ClN2O2S/c1-15-6-8-16(9-7-15)19(17,18)11-13-4-2-12(10-14)3-5-13/h2-5H,6-11H2,1H3. The van der Waals surface area contributed by atoms with Gasteiger partial charge in [0, 0.05) is 32.1 Å². The highest BCUT2D eigenvalue weighted by atomic mass is 35.5. The molecule has 1 aliphatic rings. The summed E-state index contributed by atoms with van der Waals surface area (Å²) in [5.41, 5.74) is 1.82. The quantitative estimate of drug-likeness (QED) is 0.792. The van der Waals surface area contributed by atoms with Crippen molar-refractivity contribution in [2.45, 2.75) is 11.6 Å². The Kier molecular flexibility index (Phi) is 4.84. The van der Waals surface area contributed by atoms with Gasteiger partial charge in [-0.1, -0.05) is 24.3 Å². The predicted molar refractivity (Wildman–Crippen MR) is 77.7 cm³/mol. The first kappa shape index (κ1) is 14.8. The molecule has 19 heavy (non-hydrogen) atoms. The minimum absolute atomic E-state index is 0.0687. The molecular weight excluding hydrogens is 284 g/mol. The van der Waals surface area contributed by atoms with Gasteiger partial charge in [-0.2, -0.15) is 4.31 Å². The summed E-state index contributed by atoms with van der Waals surface area (Å²) in [6.07, 6.45) is 0. The van der Waals surface area contributed by atoms with E-state index in [1.165, 1.54) is 0 Å². The first-order valence-electron chi connectivity index (χ1n) is 6.31. The summed E-state index contributed by atoms with van der Waals surface area (Å²) >= 11 is 5.72. The number of benzene rings is 1. The lowest BCUT2D eigenvalue weighted by Gasteiger charge is -2.31. The molecule has 0 radical (unpaired) electrons. The monoisotopic (exact) mass is 302 g/mol. The highest BCUT2D eigenvalue weighted by molar-refractivity contribution is 7.88. The van der Waals surface area contributed by atoms with Gasteiger partial charge in [-0.15, -0.1) is 11.6 Å². The molecule has 0 aromatic heterocycles. The van der Waals surface area contributed by atoms with Crippen LogP contribution in [0.5, 0.6) is 0 Å². The van der Waals surface area contributed by atoms with Gasteiger partial charge >= 0.3 is 0 Å². The molecule has 6 heteroatoms. The van der Waals surface area contributed by atoms with Crippen molar-refractivity contribution in [2.24, 2.45) is 0 Å². The van der Waals surface area contributed by atoms with Gasteiger partial charge in [0.05, 0.1) is 5.75 Å². The van der Waals surface area contributed by atoms with E-state index in [4.69, 9.17) is 11.6 Å². The van der Waals surface area contributed by atoms with Crippen LogP contribution in [0.15, 0.2) is 24.3 Å². The smallest absolute Gasteiger partial charge is 0.218 e. The Morgan fingerprint density at radius 2 is 1.58 bits per heavy atom. The summed E-state index contributed by atoms with van der Waals surface area (Å²) in [5.74, 6) is 0.519. The van der Waals surface area contributed by atoms with Gasteiger partial charge in [0.1, 0.15) is 0 Å². The summed E-state index contributed by atoms with van der Waals surface area (Å²) in [6, 6.07) is 7.43. The van der Waals surface area contributed by atoms with Crippen LogP contribution >= 0.6 is 11.6 Å². The normalized spacial score (nSPS) is 18.6. The Morgan fingerprint density at radius 1 is 1.05 bits per heavy atom. The first-order chi connectivity index (χ1) is 9.01. The maximum Gasteiger partial charge on any atom is 0.218 e. The van der Waals surface area contributed by atoms with Crippen LogP contribution in [0.3, 0.4) is 0 Å². The molecule has 0 spiro atoms. The fourth-order valence-electron chi connectivity index (χ4n) is 2.09. The maximum atomic E-state index is 12.3. The van der Waals surface area contributed by atoms with Crippen LogP contribution in [-0.2, 0) is 21.7 Å². The van der Waals surface area contributed by atoms with E-state index in [9.17, 15) is 8.42 Å². The zero-order valence-corrected chi connectivity index (χ0v) is 12.6. The maximum absolute atomic E-state index is 12.3. The molecule has 0 bridgehead atoms. The fourth-order valence-corrected chi connectivity index (χ4v) is 3.79. The molecule has 0 saturated carbocycles. The molecule has 1 aromatic rings. The Morgan fingerprint density at radius 3 is 2.11 bits per heavy atom. The van der Waals surface area contributed by atoms with E-state index in [0.717, 1.165) is 24.2 Å². The van der Waals surface area contributed by atoms with Crippen LogP contribution in [0.4, 0.5) is 0 Å². The Hall–Kier alpha value is -0.620. The first-order valence-corrected chi connectivity index (χ1v) is 8.46. The van der Waals surface area contributed by atoms with E-state index in [0.29, 0.717) is 19.0 Å². The van der Waals surface area contributed by atoms with E-state index in [2.05, 4.69) is 4.90 Å². The van der Waals surface area contributed by atoms with Gasteiger partial charge in [-0.25, -0.2) is 8.42 Å².